The second-order valence-corrected chi connectivity index (χ2v) is 5.13. The number of likely N-dealkylation sites (tertiary alicyclic amines) is 1. The molecule has 1 aliphatic rings. The van der Waals surface area contributed by atoms with Crippen LogP contribution in [-0.4, -0.2) is 41.7 Å². The van der Waals surface area contributed by atoms with Crippen molar-refractivity contribution in [1.29, 1.82) is 0 Å². The van der Waals surface area contributed by atoms with Crippen LogP contribution in [0, 0.1) is 12.8 Å². The minimum absolute atomic E-state index is 0.678. The zero-order valence-corrected chi connectivity index (χ0v) is 11.7. The molecule has 1 aliphatic heterocycles. The van der Waals surface area contributed by atoms with E-state index in [1.165, 1.54) is 12.8 Å². The average molecular weight is 265 g/mol. The Morgan fingerprint density at radius 3 is 2.79 bits per heavy atom. The van der Waals surface area contributed by atoms with Crippen molar-refractivity contribution in [1.82, 2.24) is 14.9 Å². The van der Waals surface area contributed by atoms with Crippen molar-refractivity contribution in [3.63, 3.8) is 0 Å². The summed E-state index contributed by atoms with van der Waals surface area (Å²) in [6.45, 7) is 5.77. The molecule has 1 aromatic rings. The van der Waals surface area contributed by atoms with Gasteiger partial charge in [-0.1, -0.05) is 0 Å². The van der Waals surface area contributed by atoms with Crippen LogP contribution in [0.25, 0.3) is 0 Å². The number of anilines is 1. The van der Waals surface area contributed by atoms with Gasteiger partial charge in [0.25, 0.3) is 0 Å². The van der Waals surface area contributed by atoms with Crippen molar-refractivity contribution < 1.29 is 4.74 Å². The van der Waals surface area contributed by atoms with Gasteiger partial charge in [-0.3, -0.25) is 4.90 Å². The van der Waals surface area contributed by atoms with Crippen molar-refractivity contribution in [2.75, 3.05) is 32.2 Å². The molecule has 0 radical (unpaired) electrons. The first kappa shape index (κ1) is 14.2. The van der Waals surface area contributed by atoms with Crippen molar-refractivity contribution in [3.05, 3.63) is 17.6 Å². The number of nitrogens with one attached hydrogen (secondary N) is 1. The SMILES string of the molecule is COCC1CCN(Cc2nc(C)cc(NN)n2)CC1. The fraction of sp³-hybridized carbons (Fsp3) is 0.692. The molecule has 0 aromatic carbocycles. The number of nitrogens with zero attached hydrogens (tertiary/aromatic N) is 3. The van der Waals surface area contributed by atoms with Crippen LogP contribution in [-0.2, 0) is 11.3 Å². The van der Waals surface area contributed by atoms with Crippen LogP contribution in [0.3, 0.4) is 0 Å². The summed E-state index contributed by atoms with van der Waals surface area (Å²) in [6.07, 6.45) is 2.36. The third-order valence-corrected chi connectivity index (χ3v) is 3.52. The van der Waals surface area contributed by atoms with Gasteiger partial charge < -0.3 is 10.2 Å². The summed E-state index contributed by atoms with van der Waals surface area (Å²) in [5, 5.41) is 0. The number of ether oxygens (including phenoxy) is 1. The summed E-state index contributed by atoms with van der Waals surface area (Å²) < 4.78 is 5.22. The van der Waals surface area contributed by atoms with E-state index in [1.54, 1.807) is 7.11 Å². The quantitative estimate of drug-likeness (QED) is 0.609. The molecular formula is C13H23N5O. The molecule has 3 N–H and O–H groups in total. The van der Waals surface area contributed by atoms with Gasteiger partial charge in [0.2, 0.25) is 0 Å². The van der Waals surface area contributed by atoms with Gasteiger partial charge in [-0.2, -0.15) is 0 Å². The molecule has 0 saturated carbocycles. The largest absolute Gasteiger partial charge is 0.384 e. The lowest BCUT2D eigenvalue weighted by atomic mass is 9.98. The summed E-state index contributed by atoms with van der Waals surface area (Å²) in [5.74, 6) is 7.61. The highest BCUT2D eigenvalue weighted by molar-refractivity contribution is 5.33. The lowest BCUT2D eigenvalue weighted by molar-refractivity contribution is 0.0957. The van der Waals surface area contributed by atoms with E-state index in [0.717, 1.165) is 37.8 Å². The number of nitrogen functional groups attached to an aromatic ring is 1. The molecule has 0 spiro atoms. The Labute approximate surface area is 114 Å². The highest BCUT2D eigenvalue weighted by Gasteiger charge is 2.19. The molecule has 0 amide bonds. The number of nitrogens with two attached hydrogens (primary N) is 1. The van der Waals surface area contributed by atoms with Crippen molar-refractivity contribution in [2.45, 2.75) is 26.3 Å². The van der Waals surface area contributed by atoms with Crippen molar-refractivity contribution >= 4 is 5.82 Å². The lowest BCUT2D eigenvalue weighted by Gasteiger charge is -2.31. The third kappa shape index (κ3) is 4.12. The fourth-order valence-corrected chi connectivity index (χ4v) is 2.52. The first-order chi connectivity index (χ1) is 9.21. The summed E-state index contributed by atoms with van der Waals surface area (Å²) in [7, 11) is 1.77. The molecule has 0 atom stereocenters. The molecular weight excluding hydrogens is 242 g/mol. The molecule has 0 bridgehead atoms. The van der Waals surface area contributed by atoms with E-state index in [2.05, 4.69) is 20.3 Å². The minimum atomic E-state index is 0.678. The van der Waals surface area contributed by atoms with Gasteiger partial charge >= 0.3 is 0 Å². The smallest absolute Gasteiger partial charge is 0.145 e. The Morgan fingerprint density at radius 2 is 2.16 bits per heavy atom. The Kier molecular flexibility index (Phi) is 5.07. The van der Waals surface area contributed by atoms with Crippen LogP contribution < -0.4 is 11.3 Å². The number of hydrazine groups is 1. The molecule has 0 unspecified atom stereocenters. The zero-order chi connectivity index (χ0) is 13.7. The summed E-state index contributed by atoms with van der Waals surface area (Å²) in [6, 6.07) is 1.84. The number of methoxy groups -OCH3 is 1. The molecule has 6 nitrogen and oxygen atoms in total. The predicted molar refractivity (Wildman–Crippen MR) is 74.5 cm³/mol. The maximum absolute atomic E-state index is 5.40. The van der Waals surface area contributed by atoms with Crippen LogP contribution in [0.1, 0.15) is 24.4 Å². The molecule has 19 heavy (non-hydrogen) atoms. The Bertz CT molecular complexity index is 404. The standard InChI is InChI=1S/C13H23N5O/c1-10-7-12(17-14)16-13(15-10)8-18-5-3-11(4-6-18)9-19-2/h7,11H,3-6,8-9,14H2,1-2H3,(H,15,16,17). The van der Waals surface area contributed by atoms with E-state index in [1.807, 2.05) is 13.0 Å². The molecule has 1 saturated heterocycles. The number of aryl methyl sites for hydroxylation is 1. The topological polar surface area (TPSA) is 76.3 Å². The van der Waals surface area contributed by atoms with E-state index in [9.17, 15) is 0 Å². The third-order valence-electron chi connectivity index (χ3n) is 3.52. The maximum atomic E-state index is 5.40. The van der Waals surface area contributed by atoms with Gasteiger partial charge in [-0.15, -0.1) is 0 Å². The van der Waals surface area contributed by atoms with Gasteiger partial charge in [0.05, 0.1) is 6.54 Å². The van der Waals surface area contributed by atoms with Crippen LogP contribution in [0.5, 0.6) is 0 Å². The molecule has 1 fully saturated rings. The monoisotopic (exact) mass is 265 g/mol. The first-order valence-corrected chi connectivity index (χ1v) is 6.73. The summed E-state index contributed by atoms with van der Waals surface area (Å²) in [4.78, 5) is 11.2. The Morgan fingerprint density at radius 1 is 1.42 bits per heavy atom. The van der Waals surface area contributed by atoms with E-state index in [0.29, 0.717) is 11.7 Å². The molecule has 0 aliphatic carbocycles. The number of piperidine rings is 1. The van der Waals surface area contributed by atoms with E-state index < -0.39 is 0 Å². The summed E-state index contributed by atoms with van der Waals surface area (Å²) in [5.41, 5.74) is 3.52. The van der Waals surface area contributed by atoms with Crippen molar-refractivity contribution in [2.24, 2.45) is 11.8 Å². The van der Waals surface area contributed by atoms with Gasteiger partial charge in [-0.25, -0.2) is 15.8 Å². The second-order valence-electron chi connectivity index (χ2n) is 5.13. The molecule has 2 rings (SSSR count). The molecule has 6 heteroatoms. The highest BCUT2D eigenvalue weighted by Crippen LogP contribution is 2.18. The van der Waals surface area contributed by atoms with Crippen LogP contribution in [0.4, 0.5) is 5.82 Å². The number of hydrogen-bond donors (Lipinski definition) is 2. The highest BCUT2D eigenvalue weighted by atomic mass is 16.5. The van der Waals surface area contributed by atoms with Crippen molar-refractivity contribution in [3.8, 4) is 0 Å². The van der Waals surface area contributed by atoms with Crippen LogP contribution in [0.15, 0.2) is 6.07 Å². The summed E-state index contributed by atoms with van der Waals surface area (Å²) >= 11 is 0. The van der Waals surface area contributed by atoms with Crippen LogP contribution >= 0.6 is 0 Å². The number of hydrogen-bond acceptors (Lipinski definition) is 6. The molecule has 106 valence electrons. The van der Waals surface area contributed by atoms with E-state index in [4.69, 9.17) is 10.6 Å². The Balaban J connectivity index is 1.90. The number of aromatic nitrogens is 2. The van der Waals surface area contributed by atoms with E-state index in [-0.39, 0.29) is 0 Å². The van der Waals surface area contributed by atoms with Gasteiger partial charge in [-0.05, 0) is 38.8 Å². The van der Waals surface area contributed by atoms with Gasteiger partial charge in [0.1, 0.15) is 11.6 Å². The van der Waals surface area contributed by atoms with Gasteiger partial charge in [0, 0.05) is 25.5 Å². The van der Waals surface area contributed by atoms with Gasteiger partial charge in [0.15, 0.2) is 0 Å². The maximum Gasteiger partial charge on any atom is 0.145 e. The average Bonchev–Trinajstić information content (AvgIpc) is 2.40. The van der Waals surface area contributed by atoms with E-state index >= 15 is 0 Å². The first-order valence-electron chi connectivity index (χ1n) is 6.73. The predicted octanol–water partition coefficient (Wildman–Crippen LogP) is 0.929. The fourth-order valence-electron chi connectivity index (χ4n) is 2.52. The molecule has 2 heterocycles. The molecule has 1 aromatic heterocycles. The lowest BCUT2D eigenvalue weighted by Crippen LogP contribution is -2.35. The Hall–Kier alpha value is -1.24. The minimum Gasteiger partial charge on any atom is -0.384 e. The second kappa shape index (κ2) is 6.79. The zero-order valence-electron chi connectivity index (χ0n) is 11.7. The van der Waals surface area contributed by atoms with Crippen LogP contribution in [0.2, 0.25) is 0 Å². The normalized spacial score (nSPS) is 17.6. The number of rotatable bonds is 5.